The first-order valence-corrected chi connectivity index (χ1v) is 10.4. The lowest BCUT2D eigenvalue weighted by molar-refractivity contribution is -0.148. The van der Waals surface area contributed by atoms with Crippen LogP contribution in [0.5, 0.6) is 0 Å². The molecule has 6 heteroatoms. The fourth-order valence-corrected chi connectivity index (χ4v) is 6.56. The van der Waals surface area contributed by atoms with Crippen molar-refractivity contribution in [3.63, 3.8) is 0 Å². The third-order valence-electron chi connectivity index (χ3n) is 6.42. The zero-order valence-electron chi connectivity index (χ0n) is 15.5. The number of nitrogens with zero attached hydrogens (tertiary/aromatic N) is 1. The Morgan fingerprint density at radius 2 is 1.85 bits per heavy atom. The Morgan fingerprint density at radius 1 is 1.15 bits per heavy atom. The molecule has 0 radical (unpaired) electrons. The molecule has 1 aromatic rings. The largest absolute Gasteiger partial charge is 0.481 e. The average molecular weight is 375 g/mol. The van der Waals surface area contributed by atoms with E-state index in [0.29, 0.717) is 11.0 Å². The zero-order chi connectivity index (χ0) is 18.6. The summed E-state index contributed by atoms with van der Waals surface area (Å²) in [5.41, 5.74) is 3.50. The fourth-order valence-electron chi connectivity index (χ4n) is 5.39. The van der Waals surface area contributed by atoms with Gasteiger partial charge in [0.25, 0.3) is 0 Å². The number of carboxylic acids is 1. The number of hydrogen-bond donors (Lipinski definition) is 2. The Hall–Kier alpha value is -1.69. The van der Waals surface area contributed by atoms with E-state index >= 15 is 0 Å². The molecule has 0 unspecified atom stereocenters. The number of nitrogens with one attached hydrogen (secondary N) is 1. The summed E-state index contributed by atoms with van der Waals surface area (Å²) in [6.07, 6.45) is 4.93. The minimum atomic E-state index is -0.844. The second-order valence-electron chi connectivity index (χ2n) is 8.36. The molecular formula is C20H26N2O3S. The van der Waals surface area contributed by atoms with Gasteiger partial charge in [-0.1, -0.05) is 18.1 Å². The van der Waals surface area contributed by atoms with E-state index in [1.807, 2.05) is 13.8 Å². The van der Waals surface area contributed by atoms with E-state index in [4.69, 9.17) is 0 Å². The van der Waals surface area contributed by atoms with Crippen LogP contribution in [0.3, 0.4) is 0 Å². The molecule has 140 valence electrons. The third kappa shape index (κ3) is 2.79. The Labute approximate surface area is 157 Å². The van der Waals surface area contributed by atoms with Crippen LogP contribution in [0.2, 0.25) is 0 Å². The van der Waals surface area contributed by atoms with Crippen molar-refractivity contribution in [3.05, 3.63) is 21.7 Å². The van der Waals surface area contributed by atoms with Crippen molar-refractivity contribution in [3.8, 4) is 0 Å². The van der Waals surface area contributed by atoms with Gasteiger partial charge in [-0.05, 0) is 63.7 Å². The van der Waals surface area contributed by atoms with Gasteiger partial charge in [0.2, 0.25) is 5.91 Å². The molecule has 2 bridgehead atoms. The van der Waals surface area contributed by atoms with E-state index in [0.717, 1.165) is 37.8 Å². The molecule has 2 N–H and O–H groups in total. The minimum Gasteiger partial charge on any atom is -0.481 e. The molecule has 0 spiro atoms. The number of thiazole rings is 1. The summed E-state index contributed by atoms with van der Waals surface area (Å²) in [6.45, 7) is 6.32. The second kappa shape index (κ2) is 6.48. The number of aromatic nitrogens is 1. The zero-order valence-corrected chi connectivity index (χ0v) is 16.4. The van der Waals surface area contributed by atoms with Gasteiger partial charge in [0.05, 0.1) is 17.5 Å². The molecule has 1 amide bonds. The first-order chi connectivity index (χ1) is 12.4. The number of allylic oxidation sites excluding steroid dienone is 2. The van der Waals surface area contributed by atoms with Gasteiger partial charge in [0.15, 0.2) is 5.13 Å². The molecule has 0 saturated heterocycles. The lowest BCUT2D eigenvalue weighted by Crippen LogP contribution is -2.37. The number of aliphatic carboxylic acids is 1. The maximum atomic E-state index is 13.0. The van der Waals surface area contributed by atoms with Crippen LogP contribution in [0.25, 0.3) is 0 Å². The van der Waals surface area contributed by atoms with E-state index in [1.165, 1.54) is 16.0 Å². The first kappa shape index (κ1) is 17.7. The molecule has 4 rings (SSSR count). The number of rotatable bonds is 3. The summed E-state index contributed by atoms with van der Waals surface area (Å²) in [5.74, 6) is -1.34. The summed E-state index contributed by atoms with van der Waals surface area (Å²) in [5, 5.41) is 13.4. The Kier molecular flexibility index (Phi) is 4.41. The lowest BCUT2D eigenvalue weighted by Gasteiger charge is -2.25. The van der Waals surface area contributed by atoms with Crippen LogP contribution in [0.1, 0.15) is 50.6 Å². The van der Waals surface area contributed by atoms with Crippen LogP contribution < -0.4 is 5.32 Å². The number of carbonyl (C=O) groups excluding carboxylic acids is 1. The summed E-state index contributed by atoms with van der Waals surface area (Å²) >= 11 is 1.56. The summed E-state index contributed by atoms with van der Waals surface area (Å²) in [7, 11) is 0. The predicted molar refractivity (Wildman–Crippen MR) is 101 cm³/mol. The smallest absolute Gasteiger partial charge is 0.307 e. The van der Waals surface area contributed by atoms with Crippen LogP contribution in [-0.4, -0.2) is 22.0 Å². The Bertz CT molecular complexity index is 793. The fraction of sp³-hybridized carbons (Fsp3) is 0.650. The van der Waals surface area contributed by atoms with Crippen LogP contribution in [0.15, 0.2) is 11.1 Å². The van der Waals surface area contributed by atoms with Crippen molar-refractivity contribution in [1.82, 2.24) is 4.98 Å². The highest BCUT2D eigenvalue weighted by molar-refractivity contribution is 7.15. The number of carboxylic acid groups (broad SMARTS) is 1. The maximum Gasteiger partial charge on any atom is 0.307 e. The monoisotopic (exact) mass is 374 g/mol. The molecule has 26 heavy (non-hydrogen) atoms. The molecule has 3 aliphatic carbocycles. The molecule has 1 heterocycles. The van der Waals surface area contributed by atoms with Crippen LogP contribution >= 0.6 is 11.3 Å². The van der Waals surface area contributed by atoms with Crippen LogP contribution in [-0.2, 0) is 22.4 Å². The molecule has 2 fully saturated rings. The number of amides is 1. The van der Waals surface area contributed by atoms with Crippen molar-refractivity contribution < 1.29 is 14.7 Å². The summed E-state index contributed by atoms with van der Waals surface area (Å²) < 4.78 is 0. The first-order valence-electron chi connectivity index (χ1n) is 9.56. The van der Waals surface area contributed by atoms with Crippen LogP contribution in [0.4, 0.5) is 5.13 Å². The second-order valence-corrected chi connectivity index (χ2v) is 9.45. The Balaban J connectivity index is 1.58. The molecule has 0 aliphatic heterocycles. The van der Waals surface area contributed by atoms with E-state index < -0.39 is 17.8 Å². The van der Waals surface area contributed by atoms with E-state index in [9.17, 15) is 14.7 Å². The molecule has 0 aromatic carbocycles. The lowest BCUT2D eigenvalue weighted by atomic mass is 9.79. The van der Waals surface area contributed by atoms with Gasteiger partial charge in [-0.3, -0.25) is 9.59 Å². The molecule has 5 nitrogen and oxygen atoms in total. The Morgan fingerprint density at radius 3 is 2.50 bits per heavy atom. The van der Waals surface area contributed by atoms with Gasteiger partial charge in [-0.2, -0.15) is 0 Å². The highest BCUT2D eigenvalue weighted by Gasteiger charge is 2.57. The predicted octanol–water partition coefficient (Wildman–Crippen LogP) is 3.90. The summed E-state index contributed by atoms with van der Waals surface area (Å²) in [6, 6.07) is 0. The van der Waals surface area contributed by atoms with Crippen molar-refractivity contribution in [2.24, 2.45) is 29.6 Å². The van der Waals surface area contributed by atoms with Gasteiger partial charge in [-0.15, -0.1) is 11.3 Å². The van der Waals surface area contributed by atoms with Gasteiger partial charge in [0, 0.05) is 4.88 Å². The SMILES string of the molecule is CC(C)=C1[C@H]2CC[C@H]1[C@@H](C(=O)Nc1nc3c(s1)C[C@@H](C)CC3)[C@@H]2C(=O)O. The molecule has 1 aromatic heterocycles. The van der Waals surface area contributed by atoms with Gasteiger partial charge < -0.3 is 10.4 Å². The number of carbonyl (C=O) groups is 2. The number of fused-ring (bicyclic) bond motifs is 3. The molecule has 2 saturated carbocycles. The van der Waals surface area contributed by atoms with Crippen molar-refractivity contribution in [1.29, 1.82) is 0 Å². The third-order valence-corrected chi connectivity index (χ3v) is 7.46. The number of anilines is 1. The molecule has 5 atom stereocenters. The topological polar surface area (TPSA) is 79.3 Å². The van der Waals surface area contributed by atoms with Crippen molar-refractivity contribution >= 4 is 28.3 Å². The van der Waals surface area contributed by atoms with Crippen molar-refractivity contribution in [2.45, 2.75) is 52.9 Å². The van der Waals surface area contributed by atoms with Gasteiger partial charge in [-0.25, -0.2) is 4.98 Å². The van der Waals surface area contributed by atoms with Crippen molar-refractivity contribution in [2.75, 3.05) is 5.32 Å². The summed E-state index contributed by atoms with van der Waals surface area (Å²) in [4.78, 5) is 30.8. The van der Waals surface area contributed by atoms with E-state index in [-0.39, 0.29) is 17.7 Å². The van der Waals surface area contributed by atoms with E-state index in [2.05, 4.69) is 17.2 Å². The number of aryl methyl sites for hydroxylation is 1. The normalized spacial score (nSPS) is 32.4. The highest BCUT2D eigenvalue weighted by atomic mass is 32.1. The minimum absolute atomic E-state index is 0.0172. The van der Waals surface area contributed by atoms with Gasteiger partial charge >= 0.3 is 5.97 Å². The van der Waals surface area contributed by atoms with Gasteiger partial charge in [0.1, 0.15) is 0 Å². The maximum absolute atomic E-state index is 13.0. The highest BCUT2D eigenvalue weighted by Crippen LogP contribution is 2.57. The molecular weight excluding hydrogens is 348 g/mol. The standard InChI is InChI=1S/C20H26N2O3S/c1-9(2)15-11-5-6-12(15)17(19(24)25)16(11)18(23)22-20-21-13-7-4-10(3)8-14(13)26-20/h10-12,16-17H,4-8H2,1-3H3,(H,24,25)(H,21,22,23)/t10-,11+,12+,16+,17+/m0/s1. The average Bonchev–Trinajstić information content (AvgIpc) is 3.23. The van der Waals surface area contributed by atoms with Crippen LogP contribution in [0, 0.1) is 29.6 Å². The molecule has 3 aliphatic rings. The van der Waals surface area contributed by atoms with E-state index in [1.54, 1.807) is 11.3 Å². The number of hydrogen-bond acceptors (Lipinski definition) is 4. The quantitative estimate of drug-likeness (QED) is 0.787.